The van der Waals surface area contributed by atoms with Gasteiger partial charge in [-0.15, -0.1) is 0 Å². The largest absolute Gasteiger partial charge is 0.478 e. The molecule has 0 heterocycles. The van der Waals surface area contributed by atoms with Crippen LogP contribution in [0.4, 0.5) is 0 Å². The van der Waals surface area contributed by atoms with Crippen LogP contribution in [-0.4, -0.2) is 23.7 Å². The molecule has 0 aromatic carbocycles. The summed E-state index contributed by atoms with van der Waals surface area (Å²) < 4.78 is 0. The molecule has 2 bridgehead atoms. The van der Waals surface area contributed by atoms with Crippen molar-refractivity contribution < 1.29 is 9.90 Å². The quantitative estimate of drug-likeness (QED) is 0.701. The lowest BCUT2D eigenvalue weighted by Crippen LogP contribution is -2.37. The van der Waals surface area contributed by atoms with Crippen molar-refractivity contribution in [2.75, 3.05) is 6.54 Å². The Morgan fingerprint density at radius 2 is 2.25 bits per heavy atom. The molecule has 0 aromatic rings. The summed E-state index contributed by atoms with van der Waals surface area (Å²) >= 11 is 0. The third kappa shape index (κ3) is 2.29. The highest BCUT2D eigenvalue weighted by Gasteiger charge is 2.41. The van der Waals surface area contributed by atoms with Gasteiger partial charge in [0.05, 0.1) is 0 Å². The van der Waals surface area contributed by atoms with Crippen molar-refractivity contribution in [2.24, 2.45) is 17.8 Å². The molecule has 2 saturated carbocycles. The fourth-order valence-corrected chi connectivity index (χ4v) is 3.42. The summed E-state index contributed by atoms with van der Waals surface area (Å²) in [5.41, 5.74) is 0.259. The molecule has 90 valence electrons. The first-order valence-corrected chi connectivity index (χ1v) is 6.22. The Bertz CT molecular complexity index is 300. The van der Waals surface area contributed by atoms with Crippen LogP contribution >= 0.6 is 0 Å². The summed E-state index contributed by atoms with van der Waals surface area (Å²) in [5.74, 6) is 1.68. The van der Waals surface area contributed by atoms with E-state index in [0.29, 0.717) is 12.6 Å². The van der Waals surface area contributed by atoms with E-state index < -0.39 is 5.97 Å². The fraction of sp³-hybridized carbons (Fsp3) is 0.769. The van der Waals surface area contributed by atoms with E-state index in [1.54, 1.807) is 0 Å². The first-order valence-electron chi connectivity index (χ1n) is 6.22. The lowest BCUT2D eigenvalue weighted by Gasteiger charge is -2.28. The third-order valence-electron chi connectivity index (χ3n) is 4.37. The van der Waals surface area contributed by atoms with Gasteiger partial charge in [0.1, 0.15) is 0 Å². The standard InChI is InChI=1S/C13H21NO2/c1-8(13(15)16)7-14-9(2)12-6-10-3-4-11(12)5-10/h9-12,14H,1,3-7H2,2H3,(H,15,16). The average Bonchev–Trinajstić information content (AvgIpc) is 2.86. The van der Waals surface area contributed by atoms with Crippen molar-refractivity contribution in [3.8, 4) is 0 Å². The van der Waals surface area contributed by atoms with E-state index in [0.717, 1.165) is 17.8 Å². The minimum absolute atomic E-state index is 0.259. The number of aliphatic carboxylic acids is 1. The lowest BCUT2D eigenvalue weighted by atomic mass is 9.84. The fourth-order valence-electron chi connectivity index (χ4n) is 3.42. The minimum atomic E-state index is -0.896. The van der Waals surface area contributed by atoms with Gasteiger partial charge in [0.15, 0.2) is 0 Å². The Hall–Kier alpha value is -0.830. The number of nitrogens with one attached hydrogen (secondary N) is 1. The van der Waals surface area contributed by atoms with E-state index in [1.807, 2.05) is 0 Å². The summed E-state index contributed by atoms with van der Waals surface area (Å²) in [4.78, 5) is 10.6. The van der Waals surface area contributed by atoms with Gasteiger partial charge in [-0.3, -0.25) is 0 Å². The molecule has 0 saturated heterocycles. The molecular weight excluding hydrogens is 202 g/mol. The van der Waals surface area contributed by atoms with Gasteiger partial charge in [-0.1, -0.05) is 13.0 Å². The Morgan fingerprint density at radius 1 is 1.50 bits per heavy atom. The van der Waals surface area contributed by atoms with E-state index in [9.17, 15) is 4.79 Å². The number of rotatable bonds is 5. The number of hydrogen-bond donors (Lipinski definition) is 2. The molecule has 0 radical (unpaired) electrons. The second kappa shape index (κ2) is 4.58. The van der Waals surface area contributed by atoms with Crippen LogP contribution in [0, 0.1) is 17.8 Å². The molecule has 4 unspecified atom stereocenters. The predicted octanol–water partition coefficient (Wildman–Crippen LogP) is 2.04. The third-order valence-corrected chi connectivity index (χ3v) is 4.37. The smallest absolute Gasteiger partial charge is 0.332 e. The van der Waals surface area contributed by atoms with Crippen LogP contribution < -0.4 is 5.32 Å². The van der Waals surface area contributed by atoms with Crippen LogP contribution in [0.2, 0.25) is 0 Å². The number of carbonyl (C=O) groups is 1. The maximum Gasteiger partial charge on any atom is 0.332 e. The Labute approximate surface area is 96.9 Å². The van der Waals surface area contributed by atoms with Gasteiger partial charge < -0.3 is 10.4 Å². The molecular formula is C13H21NO2. The zero-order valence-electron chi connectivity index (χ0n) is 9.91. The second-order valence-electron chi connectivity index (χ2n) is 5.42. The second-order valence-corrected chi connectivity index (χ2v) is 5.42. The molecule has 2 fully saturated rings. The molecule has 0 spiro atoms. The van der Waals surface area contributed by atoms with Crippen LogP contribution in [0.15, 0.2) is 12.2 Å². The molecule has 4 atom stereocenters. The van der Waals surface area contributed by atoms with Gasteiger partial charge in [0, 0.05) is 18.2 Å². The van der Waals surface area contributed by atoms with Crippen LogP contribution in [0.25, 0.3) is 0 Å². The molecule has 2 aliphatic carbocycles. The highest BCUT2D eigenvalue weighted by Crippen LogP contribution is 2.49. The van der Waals surface area contributed by atoms with Crippen molar-refractivity contribution in [3.63, 3.8) is 0 Å². The minimum Gasteiger partial charge on any atom is -0.478 e. The molecule has 3 heteroatoms. The molecule has 2 N–H and O–H groups in total. The van der Waals surface area contributed by atoms with Crippen molar-refractivity contribution in [1.29, 1.82) is 0 Å². The first kappa shape index (κ1) is 11.6. The van der Waals surface area contributed by atoms with Gasteiger partial charge in [0.25, 0.3) is 0 Å². The van der Waals surface area contributed by atoms with E-state index >= 15 is 0 Å². The number of fused-ring (bicyclic) bond motifs is 2. The number of carboxylic acid groups (broad SMARTS) is 1. The molecule has 0 aromatic heterocycles. The topological polar surface area (TPSA) is 49.3 Å². The van der Waals surface area contributed by atoms with E-state index in [2.05, 4.69) is 18.8 Å². The zero-order chi connectivity index (χ0) is 11.7. The van der Waals surface area contributed by atoms with Gasteiger partial charge in [-0.05, 0) is 43.9 Å². The predicted molar refractivity (Wildman–Crippen MR) is 63.2 cm³/mol. The summed E-state index contributed by atoms with van der Waals surface area (Å²) in [5, 5.41) is 12.0. The van der Waals surface area contributed by atoms with Gasteiger partial charge in [0.2, 0.25) is 0 Å². The summed E-state index contributed by atoms with van der Waals surface area (Å²) in [6.45, 7) is 6.13. The summed E-state index contributed by atoms with van der Waals surface area (Å²) in [6.07, 6.45) is 5.52. The molecule has 16 heavy (non-hydrogen) atoms. The van der Waals surface area contributed by atoms with Crippen molar-refractivity contribution >= 4 is 5.97 Å². The van der Waals surface area contributed by atoms with E-state index in [1.165, 1.54) is 25.7 Å². The normalized spacial score (nSPS) is 33.9. The highest BCUT2D eigenvalue weighted by molar-refractivity contribution is 5.86. The van der Waals surface area contributed by atoms with Crippen LogP contribution in [0.5, 0.6) is 0 Å². The maximum absolute atomic E-state index is 10.6. The lowest BCUT2D eigenvalue weighted by molar-refractivity contribution is -0.132. The number of hydrogen-bond acceptors (Lipinski definition) is 2. The Balaban J connectivity index is 1.78. The van der Waals surface area contributed by atoms with Crippen molar-refractivity contribution in [3.05, 3.63) is 12.2 Å². The first-order chi connectivity index (χ1) is 7.58. The Morgan fingerprint density at radius 3 is 2.75 bits per heavy atom. The van der Waals surface area contributed by atoms with Gasteiger partial charge >= 0.3 is 5.97 Å². The summed E-state index contributed by atoms with van der Waals surface area (Å²) in [7, 11) is 0. The Kier molecular flexibility index (Phi) is 3.33. The van der Waals surface area contributed by atoms with E-state index in [4.69, 9.17) is 5.11 Å². The highest BCUT2D eigenvalue weighted by atomic mass is 16.4. The van der Waals surface area contributed by atoms with E-state index in [-0.39, 0.29) is 5.57 Å². The SMILES string of the molecule is C=C(CNC(C)C1CC2CCC1C2)C(=O)O. The van der Waals surface area contributed by atoms with Crippen LogP contribution in [0.3, 0.4) is 0 Å². The van der Waals surface area contributed by atoms with Crippen LogP contribution in [-0.2, 0) is 4.79 Å². The van der Waals surface area contributed by atoms with Crippen LogP contribution in [0.1, 0.15) is 32.6 Å². The molecule has 2 rings (SSSR count). The molecule has 0 amide bonds. The number of carboxylic acids is 1. The molecule has 0 aliphatic heterocycles. The monoisotopic (exact) mass is 223 g/mol. The van der Waals surface area contributed by atoms with Gasteiger partial charge in [-0.25, -0.2) is 4.79 Å². The van der Waals surface area contributed by atoms with Crippen molar-refractivity contribution in [2.45, 2.75) is 38.6 Å². The maximum atomic E-state index is 10.6. The molecule has 2 aliphatic rings. The van der Waals surface area contributed by atoms with Crippen molar-refractivity contribution in [1.82, 2.24) is 5.32 Å². The van der Waals surface area contributed by atoms with Gasteiger partial charge in [-0.2, -0.15) is 0 Å². The molecule has 3 nitrogen and oxygen atoms in total. The summed E-state index contributed by atoms with van der Waals surface area (Å²) in [6, 6.07) is 0.423. The zero-order valence-corrected chi connectivity index (χ0v) is 9.91. The average molecular weight is 223 g/mol.